The minimum Gasteiger partial charge on any atom is -0.355 e. The van der Waals surface area contributed by atoms with Crippen molar-refractivity contribution in [2.75, 3.05) is 11.9 Å². The zero-order valence-electron chi connectivity index (χ0n) is 12.8. The molecule has 1 heterocycles. The Morgan fingerprint density at radius 2 is 1.70 bits per heavy atom. The van der Waals surface area contributed by atoms with Gasteiger partial charge in [0.15, 0.2) is 5.56 Å². The van der Waals surface area contributed by atoms with Gasteiger partial charge in [0.25, 0.3) is 5.56 Å². The van der Waals surface area contributed by atoms with E-state index in [1.165, 1.54) is 18.7 Å². The summed E-state index contributed by atoms with van der Waals surface area (Å²) < 4.78 is 2.18. The average molecular weight is 353 g/mol. The summed E-state index contributed by atoms with van der Waals surface area (Å²) in [6.45, 7) is 0.329. The molecule has 0 atom stereocenters. The molecule has 1 aromatic carbocycles. The second kappa shape index (κ2) is 6.49. The Kier molecular flexibility index (Phi) is 4.83. The Morgan fingerprint density at radius 3 is 2.22 bits per heavy atom. The van der Waals surface area contributed by atoms with E-state index in [4.69, 9.17) is 23.2 Å². The fourth-order valence-corrected chi connectivity index (χ4v) is 3.00. The smallest absolute Gasteiger partial charge is 0.332 e. The zero-order valence-corrected chi connectivity index (χ0v) is 14.3. The molecule has 2 aromatic rings. The molecule has 0 fully saturated rings. The lowest BCUT2D eigenvalue weighted by Gasteiger charge is -2.23. The zero-order chi connectivity index (χ0) is 17.3. The van der Waals surface area contributed by atoms with Crippen LogP contribution in [0, 0.1) is 11.3 Å². The Hall–Kier alpha value is -2.23. The summed E-state index contributed by atoms with van der Waals surface area (Å²) in [5.74, 6) is 0.247. The van der Waals surface area contributed by atoms with Gasteiger partial charge in [-0.15, -0.1) is 0 Å². The maximum atomic E-state index is 12.1. The van der Waals surface area contributed by atoms with Gasteiger partial charge in [0, 0.05) is 37.7 Å². The van der Waals surface area contributed by atoms with E-state index in [1.54, 1.807) is 30.1 Å². The van der Waals surface area contributed by atoms with E-state index in [0.717, 1.165) is 10.1 Å². The van der Waals surface area contributed by atoms with E-state index < -0.39 is 11.2 Å². The summed E-state index contributed by atoms with van der Waals surface area (Å²) in [6.07, 6.45) is 0. The molecule has 0 aliphatic heterocycles. The molecule has 0 aliphatic carbocycles. The number of halogens is 2. The summed E-state index contributed by atoms with van der Waals surface area (Å²) in [5.41, 5.74) is -0.422. The van der Waals surface area contributed by atoms with Gasteiger partial charge in [-0.25, -0.2) is 4.79 Å². The standard InChI is InChI=1S/C15H14Cl2N4O2/c1-19(8-9-4-10(16)6-11(17)5-9)13-12(7-18)14(22)21(3)15(23)20(13)2/h4-6H,8H2,1-3H3. The number of hydrogen-bond acceptors (Lipinski definition) is 4. The van der Waals surface area contributed by atoms with Gasteiger partial charge in [0.2, 0.25) is 0 Å². The molecular formula is C15H14Cl2N4O2. The van der Waals surface area contributed by atoms with Gasteiger partial charge in [-0.3, -0.25) is 13.9 Å². The number of benzene rings is 1. The van der Waals surface area contributed by atoms with Crippen LogP contribution in [0.15, 0.2) is 27.8 Å². The van der Waals surface area contributed by atoms with Gasteiger partial charge < -0.3 is 4.90 Å². The summed E-state index contributed by atoms with van der Waals surface area (Å²) >= 11 is 12.0. The molecule has 0 amide bonds. The number of rotatable bonds is 3. The van der Waals surface area contributed by atoms with Crippen LogP contribution in [0.3, 0.4) is 0 Å². The third-order valence-electron chi connectivity index (χ3n) is 3.45. The van der Waals surface area contributed by atoms with Gasteiger partial charge in [-0.1, -0.05) is 23.2 Å². The van der Waals surface area contributed by atoms with E-state index in [2.05, 4.69) is 0 Å². The van der Waals surface area contributed by atoms with Crippen LogP contribution in [-0.4, -0.2) is 16.2 Å². The summed E-state index contributed by atoms with van der Waals surface area (Å²) in [4.78, 5) is 25.9. The van der Waals surface area contributed by atoms with Crippen molar-refractivity contribution in [3.63, 3.8) is 0 Å². The molecule has 0 unspecified atom stereocenters. The summed E-state index contributed by atoms with van der Waals surface area (Å²) in [5, 5.41) is 10.3. The molecule has 0 bridgehead atoms. The van der Waals surface area contributed by atoms with Crippen LogP contribution in [-0.2, 0) is 20.6 Å². The number of nitriles is 1. The lowest BCUT2D eigenvalue weighted by atomic mass is 10.2. The average Bonchev–Trinajstić information content (AvgIpc) is 2.47. The van der Waals surface area contributed by atoms with Crippen LogP contribution in [0.25, 0.3) is 0 Å². The van der Waals surface area contributed by atoms with Gasteiger partial charge >= 0.3 is 5.69 Å². The molecule has 0 saturated carbocycles. The Labute approximate surface area is 142 Å². The number of aromatic nitrogens is 2. The van der Waals surface area contributed by atoms with Crippen molar-refractivity contribution < 1.29 is 0 Å². The van der Waals surface area contributed by atoms with E-state index in [-0.39, 0.29) is 11.4 Å². The van der Waals surface area contributed by atoms with Crippen molar-refractivity contribution in [3.05, 3.63) is 60.2 Å². The Morgan fingerprint density at radius 1 is 1.13 bits per heavy atom. The minimum absolute atomic E-state index is 0.0924. The SMILES string of the molecule is CN(Cc1cc(Cl)cc(Cl)c1)c1c(C#N)c(=O)n(C)c(=O)n1C. The molecule has 0 aliphatic rings. The second-order valence-corrected chi connectivity index (χ2v) is 6.02. The lowest BCUT2D eigenvalue weighted by molar-refractivity contribution is 0.667. The highest BCUT2D eigenvalue weighted by atomic mass is 35.5. The van der Waals surface area contributed by atoms with Crippen LogP contribution >= 0.6 is 23.2 Å². The first-order valence-corrected chi connectivity index (χ1v) is 7.38. The molecule has 2 rings (SSSR count). The molecular weight excluding hydrogens is 339 g/mol. The summed E-state index contributed by atoms with van der Waals surface area (Å²) in [7, 11) is 4.54. The van der Waals surface area contributed by atoms with Crippen molar-refractivity contribution >= 4 is 29.0 Å². The number of anilines is 1. The fraction of sp³-hybridized carbons (Fsp3) is 0.267. The van der Waals surface area contributed by atoms with Crippen LogP contribution in [0.1, 0.15) is 11.1 Å². The van der Waals surface area contributed by atoms with Gasteiger partial charge in [-0.05, 0) is 23.8 Å². The van der Waals surface area contributed by atoms with Crippen LogP contribution in [0.2, 0.25) is 10.0 Å². The van der Waals surface area contributed by atoms with Crippen LogP contribution in [0.5, 0.6) is 0 Å². The van der Waals surface area contributed by atoms with Crippen molar-refractivity contribution in [1.29, 1.82) is 5.26 Å². The molecule has 8 heteroatoms. The molecule has 23 heavy (non-hydrogen) atoms. The first-order chi connectivity index (χ1) is 10.8. The van der Waals surface area contributed by atoms with Crippen molar-refractivity contribution in [2.24, 2.45) is 14.1 Å². The van der Waals surface area contributed by atoms with Crippen LogP contribution < -0.4 is 16.1 Å². The van der Waals surface area contributed by atoms with Crippen molar-refractivity contribution in [1.82, 2.24) is 9.13 Å². The monoisotopic (exact) mass is 352 g/mol. The normalized spacial score (nSPS) is 10.4. The number of nitrogens with zero attached hydrogens (tertiary/aromatic N) is 4. The predicted octanol–water partition coefficient (Wildman–Crippen LogP) is 1.90. The fourth-order valence-electron chi connectivity index (χ4n) is 2.43. The Bertz CT molecular complexity index is 905. The van der Waals surface area contributed by atoms with Gasteiger partial charge in [0.05, 0.1) is 0 Å². The third kappa shape index (κ3) is 3.26. The first kappa shape index (κ1) is 17.1. The molecule has 0 spiro atoms. The molecule has 6 nitrogen and oxygen atoms in total. The second-order valence-electron chi connectivity index (χ2n) is 5.15. The Balaban J connectivity index is 2.56. The van der Waals surface area contributed by atoms with Crippen molar-refractivity contribution in [3.8, 4) is 6.07 Å². The third-order valence-corrected chi connectivity index (χ3v) is 3.89. The molecule has 0 N–H and O–H groups in total. The summed E-state index contributed by atoms with van der Waals surface area (Å²) in [6, 6.07) is 6.95. The van der Waals surface area contributed by atoms with Gasteiger partial charge in [0.1, 0.15) is 11.9 Å². The van der Waals surface area contributed by atoms with Crippen molar-refractivity contribution in [2.45, 2.75) is 6.54 Å². The lowest BCUT2D eigenvalue weighted by Crippen LogP contribution is -2.41. The highest BCUT2D eigenvalue weighted by Gasteiger charge is 2.19. The van der Waals surface area contributed by atoms with E-state index in [9.17, 15) is 14.9 Å². The quantitative estimate of drug-likeness (QED) is 0.845. The molecule has 1 aromatic heterocycles. The molecule has 0 radical (unpaired) electrons. The number of hydrogen-bond donors (Lipinski definition) is 0. The predicted molar refractivity (Wildman–Crippen MR) is 90.2 cm³/mol. The largest absolute Gasteiger partial charge is 0.355 e. The van der Waals surface area contributed by atoms with E-state index in [0.29, 0.717) is 16.6 Å². The molecule has 120 valence electrons. The highest BCUT2D eigenvalue weighted by Crippen LogP contribution is 2.22. The van der Waals surface area contributed by atoms with E-state index in [1.807, 2.05) is 6.07 Å². The highest BCUT2D eigenvalue weighted by molar-refractivity contribution is 6.34. The topological polar surface area (TPSA) is 71.0 Å². The molecule has 0 saturated heterocycles. The van der Waals surface area contributed by atoms with Gasteiger partial charge in [-0.2, -0.15) is 5.26 Å². The minimum atomic E-state index is -0.624. The maximum Gasteiger partial charge on any atom is 0.332 e. The van der Waals surface area contributed by atoms with Crippen LogP contribution in [0.4, 0.5) is 5.82 Å². The maximum absolute atomic E-state index is 12.1. The first-order valence-electron chi connectivity index (χ1n) is 6.62. The van der Waals surface area contributed by atoms with E-state index >= 15 is 0 Å².